The molecule has 2 aliphatic rings. The first kappa shape index (κ1) is 19.4. The number of hydrogen-bond donors (Lipinski definition) is 2. The molecule has 26 heavy (non-hydrogen) atoms. The smallest absolute Gasteiger partial charge is 0.337 e. The van der Waals surface area contributed by atoms with Gasteiger partial charge in [-0.25, -0.2) is 4.79 Å². The van der Waals surface area contributed by atoms with Crippen LogP contribution in [0.5, 0.6) is 0 Å². The normalized spacial score (nSPS) is 33.7. The Morgan fingerprint density at radius 3 is 2.69 bits per heavy atom. The lowest BCUT2D eigenvalue weighted by Gasteiger charge is -2.50. The molecule has 4 heteroatoms. The fraction of sp³-hybridized carbons (Fsp3) is 0.682. The number of methoxy groups -OCH3 is 1. The lowest BCUT2D eigenvalue weighted by molar-refractivity contribution is -0.0549. The van der Waals surface area contributed by atoms with Gasteiger partial charge in [-0.1, -0.05) is 26.3 Å². The standard InChI is InChI=1S/C22H32O4/c1-4-10-21(25)11-12-22(5-2)16(14-21)7-9-19(23)17-13-15(20(24)26-3)6-8-18(17)22/h6,8,13,16,19,23,25H,4-5,7,9-12,14H2,1-3H3. The number of aliphatic hydroxyl groups excluding tert-OH is 1. The van der Waals surface area contributed by atoms with Gasteiger partial charge in [0.1, 0.15) is 0 Å². The number of rotatable bonds is 4. The second kappa shape index (κ2) is 7.32. The van der Waals surface area contributed by atoms with Crippen molar-refractivity contribution >= 4 is 5.97 Å². The molecular formula is C22H32O4. The summed E-state index contributed by atoms with van der Waals surface area (Å²) in [6, 6.07) is 5.67. The van der Waals surface area contributed by atoms with Crippen molar-refractivity contribution in [2.24, 2.45) is 5.92 Å². The minimum atomic E-state index is -0.570. The van der Waals surface area contributed by atoms with E-state index in [0.717, 1.165) is 50.5 Å². The Morgan fingerprint density at radius 1 is 1.27 bits per heavy atom. The van der Waals surface area contributed by atoms with Gasteiger partial charge in [-0.3, -0.25) is 0 Å². The van der Waals surface area contributed by atoms with Crippen molar-refractivity contribution < 1.29 is 19.7 Å². The molecule has 0 radical (unpaired) electrons. The zero-order valence-electron chi connectivity index (χ0n) is 16.3. The molecule has 0 saturated heterocycles. The van der Waals surface area contributed by atoms with Gasteiger partial charge in [-0.15, -0.1) is 0 Å². The number of ether oxygens (including phenoxy) is 1. The van der Waals surface area contributed by atoms with E-state index in [1.165, 1.54) is 12.7 Å². The van der Waals surface area contributed by atoms with Crippen LogP contribution in [0.4, 0.5) is 0 Å². The Kier molecular flexibility index (Phi) is 5.45. The van der Waals surface area contributed by atoms with Crippen molar-refractivity contribution in [2.45, 2.75) is 82.3 Å². The highest BCUT2D eigenvalue weighted by molar-refractivity contribution is 5.89. The van der Waals surface area contributed by atoms with Gasteiger partial charge < -0.3 is 14.9 Å². The molecule has 0 aromatic heterocycles. The van der Waals surface area contributed by atoms with Crippen molar-refractivity contribution in [3.05, 3.63) is 34.9 Å². The third kappa shape index (κ3) is 3.18. The SMILES string of the molecule is CCCC1(O)CCC2(CC)c3ccc(C(=O)OC)cc3C(O)CCC2C1. The molecule has 1 saturated carbocycles. The minimum absolute atomic E-state index is 0.0264. The average molecular weight is 360 g/mol. The fourth-order valence-corrected chi connectivity index (χ4v) is 5.55. The van der Waals surface area contributed by atoms with Gasteiger partial charge in [0.25, 0.3) is 0 Å². The lowest BCUT2D eigenvalue weighted by atomic mass is 9.56. The van der Waals surface area contributed by atoms with Crippen molar-refractivity contribution in [2.75, 3.05) is 7.11 Å². The molecule has 0 heterocycles. The lowest BCUT2D eigenvalue weighted by Crippen LogP contribution is -2.47. The number of aliphatic hydroxyl groups is 2. The van der Waals surface area contributed by atoms with Gasteiger partial charge >= 0.3 is 5.97 Å². The Labute approximate surface area is 156 Å². The first-order valence-electron chi connectivity index (χ1n) is 10.0. The van der Waals surface area contributed by atoms with E-state index in [-0.39, 0.29) is 11.4 Å². The van der Waals surface area contributed by atoms with Crippen LogP contribution in [0.25, 0.3) is 0 Å². The third-order valence-electron chi connectivity index (χ3n) is 6.95. The van der Waals surface area contributed by atoms with Gasteiger partial charge in [0.05, 0.1) is 24.4 Å². The Morgan fingerprint density at radius 2 is 2.04 bits per heavy atom. The van der Waals surface area contributed by atoms with Crippen LogP contribution >= 0.6 is 0 Å². The molecule has 0 spiro atoms. The topological polar surface area (TPSA) is 66.8 Å². The van der Waals surface area contributed by atoms with E-state index < -0.39 is 11.7 Å². The van der Waals surface area contributed by atoms with Crippen LogP contribution in [-0.4, -0.2) is 28.9 Å². The number of carbonyl (C=O) groups is 1. The van der Waals surface area contributed by atoms with E-state index in [9.17, 15) is 15.0 Å². The summed E-state index contributed by atoms with van der Waals surface area (Å²) in [5, 5.41) is 21.8. The minimum Gasteiger partial charge on any atom is -0.465 e. The van der Waals surface area contributed by atoms with E-state index in [4.69, 9.17) is 4.74 Å². The first-order valence-corrected chi connectivity index (χ1v) is 10.0. The van der Waals surface area contributed by atoms with Crippen LogP contribution in [0.3, 0.4) is 0 Å². The van der Waals surface area contributed by atoms with Gasteiger partial charge in [0.15, 0.2) is 0 Å². The second-order valence-electron chi connectivity index (χ2n) is 8.27. The molecule has 4 atom stereocenters. The summed E-state index contributed by atoms with van der Waals surface area (Å²) in [5.41, 5.74) is 1.94. The second-order valence-corrected chi connectivity index (χ2v) is 8.27. The molecule has 2 aliphatic carbocycles. The Bertz CT molecular complexity index is 670. The zero-order chi connectivity index (χ0) is 18.9. The van der Waals surface area contributed by atoms with Crippen molar-refractivity contribution in [1.82, 2.24) is 0 Å². The largest absolute Gasteiger partial charge is 0.465 e. The summed E-state index contributed by atoms with van der Waals surface area (Å²) in [6.45, 7) is 4.34. The van der Waals surface area contributed by atoms with E-state index in [0.29, 0.717) is 17.9 Å². The maximum absolute atomic E-state index is 11.9. The van der Waals surface area contributed by atoms with E-state index in [2.05, 4.69) is 13.8 Å². The molecule has 4 nitrogen and oxygen atoms in total. The molecule has 0 amide bonds. The molecule has 4 unspecified atom stereocenters. The summed E-state index contributed by atoms with van der Waals surface area (Å²) >= 11 is 0. The number of fused-ring (bicyclic) bond motifs is 3. The van der Waals surface area contributed by atoms with Crippen LogP contribution in [0.1, 0.15) is 92.8 Å². The summed E-state index contributed by atoms with van der Waals surface area (Å²) in [7, 11) is 1.38. The van der Waals surface area contributed by atoms with E-state index in [1.807, 2.05) is 18.2 Å². The molecule has 1 aromatic rings. The Hall–Kier alpha value is -1.39. The van der Waals surface area contributed by atoms with Crippen molar-refractivity contribution in [3.8, 4) is 0 Å². The van der Waals surface area contributed by atoms with Crippen molar-refractivity contribution in [1.29, 1.82) is 0 Å². The van der Waals surface area contributed by atoms with Crippen LogP contribution in [-0.2, 0) is 10.2 Å². The highest BCUT2D eigenvalue weighted by Crippen LogP contribution is 2.55. The zero-order valence-corrected chi connectivity index (χ0v) is 16.3. The third-order valence-corrected chi connectivity index (χ3v) is 6.95. The number of carbonyl (C=O) groups excluding carboxylic acids is 1. The van der Waals surface area contributed by atoms with Crippen LogP contribution < -0.4 is 0 Å². The van der Waals surface area contributed by atoms with Crippen LogP contribution in [0.2, 0.25) is 0 Å². The summed E-state index contributed by atoms with van der Waals surface area (Å²) in [5.74, 6) is -0.00927. The number of hydrogen-bond acceptors (Lipinski definition) is 4. The van der Waals surface area contributed by atoms with Gasteiger partial charge in [0, 0.05) is 0 Å². The van der Waals surface area contributed by atoms with Crippen LogP contribution in [0, 0.1) is 5.92 Å². The average Bonchev–Trinajstić information content (AvgIpc) is 2.76. The predicted octanol–water partition coefficient (Wildman–Crippen LogP) is 4.28. The van der Waals surface area contributed by atoms with E-state index >= 15 is 0 Å². The molecule has 144 valence electrons. The molecule has 0 bridgehead atoms. The predicted molar refractivity (Wildman–Crippen MR) is 101 cm³/mol. The van der Waals surface area contributed by atoms with Crippen LogP contribution in [0.15, 0.2) is 18.2 Å². The van der Waals surface area contributed by atoms with Gasteiger partial charge in [-0.05, 0) is 79.5 Å². The highest BCUT2D eigenvalue weighted by atomic mass is 16.5. The number of benzene rings is 1. The highest BCUT2D eigenvalue weighted by Gasteiger charge is 2.50. The monoisotopic (exact) mass is 360 g/mol. The Balaban J connectivity index is 2.05. The molecular weight excluding hydrogens is 328 g/mol. The van der Waals surface area contributed by atoms with Crippen molar-refractivity contribution in [3.63, 3.8) is 0 Å². The molecule has 1 fully saturated rings. The summed E-state index contributed by atoms with van der Waals surface area (Å²) in [4.78, 5) is 11.9. The molecule has 0 aliphatic heterocycles. The van der Waals surface area contributed by atoms with Gasteiger partial charge in [-0.2, -0.15) is 0 Å². The fourth-order valence-electron chi connectivity index (χ4n) is 5.55. The first-order chi connectivity index (χ1) is 12.4. The summed E-state index contributed by atoms with van der Waals surface area (Å²) in [6.07, 6.45) is 6.38. The molecule has 1 aromatic carbocycles. The maximum atomic E-state index is 11.9. The van der Waals surface area contributed by atoms with Gasteiger partial charge in [0.2, 0.25) is 0 Å². The maximum Gasteiger partial charge on any atom is 0.337 e. The molecule has 2 N–H and O–H groups in total. The quantitative estimate of drug-likeness (QED) is 0.787. The van der Waals surface area contributed by atoms with E-state index in [1.54, 1.807) is 0 Å². The molecule has 3 rings (SSSR count). The summed E-state index contributed by atoms with van der Waals surface area (Å²) < 4.78 is 4.85. The number of esters is 1.